The summed E-state index contributed by atoms with van der Waals surface area (Å²) in [6.45, 7) is 0. The van der Waals surface area contributed by atoms with Gasteiger partial charge in [-0.25, -0.2) is 0 Å². The molecule has 2 aromatic carbocycles. The number of hydrogen-bond donors (Lipinski definition) is 1. The molecule has 102 valence electrons. The van der Waals surface area contributed by atoms with E-state index in [1.807, 2.05) is 0 Å². The van der Waals surface area contributed by atoms with Gasteiger partial charge in [0.2, 0.25) is 5.95 Å². The molecule has 0 fully saturated rings. The standard InChI is InChI=1S/C13H10FN3O2S/c14-13-11-8-9(15)6-7-12(11)17(16-13)20(18,19)10-4-2-1-3-5-10/h1-8H,15H2. The zero-order valence-corrected chi connectivity index (χ0v) is 11.0. The normalized spacial score (nSPS) is 11.8. The van der Waals surface area contributed by atoms with Crippen LogP contribution in [-0.2, 0) is 10.0 Å². The Morgan fingerprint density at radius 1 is 1.10 bits per heavy atom. The van der Waals surface area contributed by atoms with Gasteiger partial charge in [0.25, 0.3) is 10.0 Å². The van der Waals surface area contributed by atoms with E-state index < -0.39 is 16.0 Å². The molecule has 0 spiro atoms. The predicted octanol–water partition coefficient (Wildman–Crippen LogP) is 1.99. The molecule has 2 N–H and O–H groups in total. The van der Waals surface area contributed by atoms with Gasteiger partial charge in [0, 0.05) is 5.69 Å². The quantitative estimate of drug-likeness (QED) is 0.732. The molecular formula is C13H10FN3O2S. The second kappa shape index (κ2) is 4.31. The van der Waals surface area contributed by atoms with E-state index in [9.17, 15) is 12.8 Å². The molecule has 3 aromatic rings. The maximum Gasteiger partial charge on any atom is 0.283 e. The van der Waals surface area contributed by atoms with Crippen molar-refractivity contribution in [1.82, 2.24) is 9.19 Å². The smallest absolute Gasteiger partial charge is 0.283 e. The van der Waals surface area contributed by atoms with E-state index >= 15 is 0 Å². The summed E-state index contributed by atoms with van der Waals surface area (Å²) >= 11 is 0. The van der Waals surface area contributed by atoms with Crippen LogP contribution in [-0.4, -0.2) is 17.6 Å². The summed E-state index contributed by atoms with van der Waals surface area (Å²) in [7, 11) is -3.93. The van der Waals surface area contributed by atoms with Crippen LogP contribution in [0.25, 0.3) is 10.9 Å². The lowest BCUT2D eigenvalue weighted by atomic mass is 10.2. The predicted molar refractivity (Wildman–Crippen MR) is 73.1 cm³/mol. The molecule has 0 aliphatic heterocycles. The van der Waals surface area contributed by atoms with Gasteiger partial charge in [0.05, 0.1) is 15.8 Å². The van der Waals surface area contributed by atoms with Crippen molar-refractivity contribution in [3.63, 3.8) is 0 Å². The summed E-state index contributed by atoms with van der Waals surface area (Å²) < 4.78 is 39.4. The highest BCUT2D eigenvalue weighted by Gasteiger charge is 2.22. The van der Waals surface area contributed by atoms with Crippen molar-refractivity contribution >= 4 is 26.6 Å². The van der Waals surface area contributed by atoms with Gasteiger partial charge >= 0.3 is 0 Å². The summed E-state index contributed by atoms with van der Waals surface area (Å²) in [5.74, 6) is -0.869. The topological polar surface area (TPSA) is 78.0 Å². The van der Waals surface area contributed by atoms with Gasteiger partial charge in [-0.1, -0.05) is 18.2 Å². The van der Waals surface area contributed by atoms with E-state index in [2.05, 4.69) is 5.10 Å². The highest BCUT2D eigenvalue weighted by atomic mass is 32.2. The lowest BCUT2D eigenvalue weighted by Gasteiger charge is -2.05. The molecule has 0 saturated carbocycles. The summed E-state index contributed by atoms with van der Waals surface area (Å²) in [6, 6.07) is 12.0. The third-order valence-corrected chi connectivity index (χ3v) is 4.50. The van der Waals surface area contributed by atoms with E-state index in [1.165, 1.54) is 30.3 Å². The van der Waals surface area contributed by atoms with Crippen LogP contribution in [0.3, 0.4) is 0 Å². The molecule has 0 saturated heterocycles. The van der Waals surface area contributed by atoms with Gasteiger partial charge in [-0.3, -0.25) is 0 Å². The third kappa shape index (κ3) is 1.83. The fourth-order valence-electron chi connectivity index (χ4n) is 1.95. The highest BCUT2D eigenvalue weighted by molar-refractivity contribution is 7.90. The fourth-order valence-corrected chi connectivity index (χ4v) is 3.25. The first-order valence-electron chi connectivity index (χ1n) is 5.74. The minimum Gasteiger partial charge on any atom is -0.399 e. The summed E-state index contributed by atoms with van der Waals surface area (Å²) in [5, 5.41) is 3.56. The minimum atomic E-state index is -3.93. The van der Waals surface area contributed by atoms with E-state index in [4.69, 9.17) is 5.73 Å². The zero-order chi connectivity index (χ0) is 14.3. The third-order valence-electron chi connectivity index (χ3n) is 2.90. The van der Waals surface area contributed by atoms with Crippen LogP contribution in [0.4, 0.5) is 10.1 Å². The Morgan fingerprint density at radius 3 is 2.50 bits per heavy atom. The summed E-state index contributed by atoms with van der Waals surface area (Å²) in [5.41, 5.74) is 6.06. The Kier molecular flexibility index (Phi) is 2.72. The summed E-state index contributed by atoms with van der Waals surface area (Å²) in [6.07, 6.45) is 0. The molecule has 0 amide bonds. The molecule has 0 aliphatic rings. The van der Waals surface area contributed by atoms with Crippen LogP contribution in [0.5, 0.6) is 0 Å². The summed E-state index contributed by atoms with van der Waals surface area (Å²) in [4.78, 5) is 0.0428. The molecular weight excluding hydrogens is 281 g/mol. The number of nitrogen functional groups attached to an aromatic ring is 1. The lowest BCUT2D eigenvalue weighted by molar-refractivity contribution is 0.556. The number of aromatic nitrogens is 2. The monoisotopic (exact) mass is 291 g/mol. The highest BCUT2D eigenvalue weighted by Crippen LogP contribution is 2.24. The zero-order valence-electron chi connectivity index (χ0n) is 10.2. The van der Waals surface area contributed by atoms with Crippen LogP contribution in [0.1, 0.15) is 0 Å². The molecule has 0 bridgehead atoms. The molecule has 20 heavy (non-hydrogen) atoms. The van der Waals surface area contributed by atoms with Gasteiger partial charge in [-0.15, -0.1) is 5.10 Å². The van der Waals surface area contributed by atoms with E-state index in [0.29, 0.717) is 9.77 Å². The van der Waals surface area contributed by atoms with Crippen molar-refractivity contribution in [3.8, 4) is 0 Å². The number of hydrogen-bond acceptors (Lipinski definition) is 4. The lowest BCUT2D eigenvalue weighted by Crippen LogP contribution is -2.14. The maximum absolute atomic E-state index is 13.8. The maximum atomic E-state index is 13.8. The first-order valence-corrected chi connectivity index (χ1v) is 7.18. The second-order valence-corrected chi connectivity index (χ2v) is 6.00. The Balaban J connectivity index is 2.31. The number of halogens is 1. The van der Waals surface area contributed by atoms with Crippen LogP contribution in [0, 0.1) is 5.95 Å². The van der Waals surface area contributed by atoms with Crippen molar-refractivity contribution < 1.29 is 12.8 Å². The average Bonchev–Trinajstić information content (AvgIpc) is 2.77. The molecule has 3 rings (SSSR count). The number of anilines is 1. The molecule has 7 heteroatoms. The Labute approximate surface area is 114 Å². The van der Waals surface area contributed by atoms with Crippen LogP contribution < -0.4 is 5.73 Å². The van der Waals surface area contributed by atoms with Crippen LogP contribution in [0.2, 0.25) is 0 Å². The number of benzene rings is 2. The molecule has 0 radical (unpaired) electrons. The number of nitrogens with zero attached hydrogens (tertiary/aromatic N) is 2. The molecule has 1 aromatic heterocycles. The minimum absolute atomic E-state index is 0.0428. The largest absolute Gasteiger partial charge is 0.399 e. The Hall–Kier alpha value is -2.41. The molecule has 0 unspecified atom stereocenters. The van der Waals surface area contributed by atoms with Gasteiger partial charge in [0.1, 0.15) is 0 Å². The fraction of sp³-hybridized carbons (Fsp3) is 0. The number of fused-ring (bicyclic) bond motifs is 1. The van der Waals surface area contributed by atoms with Gasteiger partial charge in [-0.2, -0.15) is 16.9 Å². The molecule has 5 nitrogen and oxygen atoms in total. The number of rotatable bonds is 2. The van der Waals surface area contributed by atoms with Crippen molar-refractivity contribution in [1.29, 1.82) is 0 Å². The van der Waals surface area contributed by atoms with E-state index in [-0.39, 0.29) is 15.8 Å². The van der Waals surface area contributed by atoms with Crippen LogP contribution >= 0.6 is 0 Å². The van der Waals surface area contributed by atoms with E-state index in [0.717, 1.165) is 0 Å². The van der Waals surface area contributed by atoms with Gasteiger partial charge in [-0.05, 0) is 30.3 Å². The van der Waals surface area contributed by atoms with Gasteiger partial charge < -0.3 is 5.73 Å². The first kappa shape index (κ1) is 12.6. The van der Waals surface area contributed by atoms with Crippen molar-refractivity contribution in [2.75, 3.05) is 5.73 Å². The molecule has 1 heterocycles. The van der Waals surface area contributed by atoms with E-state index in [1.54, 1.807) is 18.2 Å². The number of nitrogens with two attached hydrogens (primary N) is 1. The molecule has 0 aliphatic carbocycles. The van der Waals surface area contributed by atoms with Crippen molar-refractivity contribution in [3.05, 3.63) is 54.5 Å². The van der Waals surface area contributed by atoms with Gasteiger partial charge in [0.15, 0.2) is 0 Å². The second-order valence-electron chi connectivity index (χ2n) is 4.23. The SMILES string of the molecule is Nc1ccc2c(c1)c(F)nn2S(=O)(=O)c1ccccc1. The Morgan fingerprint density at radius 2 is 1.80 bits per heavy atom. The average molecular weight is 291 g/mol. The van der Waals surface area contributed by atoms with Crippen molar-refractivity contribution in [2.45, 2.75) is 4.90 Å². The van der Waals surface area contributed by atoms with Crippen LogP contribution in [0.15, 0.2) is 53.4 Å². The first-order chi connectivity index (χ1) is 9.50. The van der Waals surface area contributed by atoms with Crippen molar-refractivity contribution in [2.24, 2.45) is 0 Å². The Bertz CT molecular complexity index is 889. The molecule has 0 atom stereocenters.